The van der Waals surface area contributed by atoms with E-state index in [1.165, 1.54) is 11.1 Å². The van der Waals surface area contributed by atoms with Crippen molar-refractivity contribution in [3.8, 4) is 0 Å². The van der Waals surface area contributed by atoms with Gasteiger partial charge in [0, 0.05) is 5.69 Å². The SMILES string of the molecule is [CH2]Cc1cc2c([N+](C)(C)C)c[nH]c2cn1. The van der Waals surface area contributed by atoms with Gasteiger partial charge in [0.2, 0.25) is 0 Å². The van der Waals surface area contributed by atoms with Crippen LogP contribution in [0, 0.1) is 6.92 Å². The van der Waals surface area contributed by atoms with Crippen LogP contribution in [-0.2, 0) is 6.42 Å². The Labute approximate surface area is 90.3 Å². The summed E-state index contributed by atoms with van der Waals surface area (Å²) < 4.78 is 0.806. The lowest BCUT2D eigenvalue weighted by Gasteiger charge is -2.22. The van der Waals surface area contributed by atoms with E-state index < -0.39 is 0 Å². The molecule has 15 heavy (non-hydrogen) atoms. The maximum Gasteiger partial charge on any atom is 0.157 e. The summed E-state index contributed by atoms with van der Waals surface area (Å²) in [5.74, 6) is 0. The van der Waals surface area contributed by atoms with E-state index in [1.807, 2.05) is 6.20 Å². The summed E-state index contributed by atoms with van der Waals surface area (Å²) in [6.45, 7) is 3.86. The van der Waals surface area contributed by atoms with Crippen LogP contribution < -0.4 is 4.48 Å². The number of fused-ring (bicyclic) bond motifs is 1. The zero-order chi connectivity index (χ0) is 11.1. The Hall–Kier alpha value is -1.35. The lowest BCUT2D eigenvalue weighted by Crippen LogP contribution is -2.34. The normalized spacial score (nSPS) is 12.3. The van der Waals surface area contributed by atoms with Gasteiger partial charge in [0.25, 0.3) is 0 Å². The number of nitrogens with one attached hydrogen (secondary N) is 1. The second-order valence-corrected chi connectivity index (χ2v) is 4.66. The van der Waals surface area contributed by atoms with Gasteiger partial charge >= 0.3 is 0 Å². The molecule has 0 saturated carbocycles. The summed E-state index contributed by atoms with van der Waals surface area (Å²) in [7, 11) is 6.48. The van der Waals surface area contributed by atoms with Crippen molar-refractivity contribution >= 4 is 16.6 Å². The quantitative estimate of drug-likeness (QED) is 0.744. The predicted octanol–water partition coefficient (Wildman–Crippen LogP) is 2.14. The number of hydrogen-bond donors (Lipinski definition) is 1. The van der Waals surface area contributed by atoms with Gasteiger partial charge in [-0.2, -0.15) is 0 Å². The van der Waals surface area contributed by atoms with Gasteiger partial charge in [-0.25, -0.2) is 0 Å². The Morgan fingerprint density at radius 3 is 2.73 bits per heavy atom. The third-order valence-corrected chi connectivity index (χ3v) is 2.58. The van der Waals surface area contributed by atoms with Gasteiger partial charge in [-0.1, -0.05) is 0 Å². The lowest BCUT2D eigenvalue weighted by molar-refractivity contribution is 0.490. The van der Waals surface area contributed by atoms with E-state index in [-0.39, 0.29) is 0 Å². The molecule has 2 aromatic heterocycles. The number of nitrogens with zero attached hydrogens (tertiary/aromatic N) is 2. The monoisotopic (exact) mass is 203 g/mol. The molecule has 1 radical (unpaired) electrons. The summed E-state index contributed by atoms with van der Waals surface area (Å²) in [4.78, 5) is 7.57. The number of quaternary nitrogens is 1. The lowest BCUT2D eigenvalue weighted by atomic mass is 10.2. The standard InChI is InChI=1S/C12H17N3/c1-5-9-6-10-11(7-13-9)14-8-12(10)15(2,3)4/h6-8,14H,1,5H2,2-4H3/q+1. The van der Waals surface area contributed by atoms with Crippen LogP contribution in [0.25, 0.3) is 10.9 Å². The van der Waals surface area contributed by atoms with Crippen molar-refractivity contribution in [1.29, 1.82) is 0 Å². The fourth-order valence-corrected chi connectivity index (χ4v) is 1.74. The average Bonchev–Trinajstić information content (AvgIpc) is 2.59. The molecule has 1 N–H and O–H groups in total. The van der Waals surface area contributed by atoms with E-state index in [2.05, 4.69) is 50.3 Å². The highest BCUT2D eigenvalue weighted by Crippen LogP contribution is 2.28. The van der Waals surface area contributed by atoms with Crippen molar-refractivity contribution in [1.82, 2.24) is 14.5 Å². The minimum Gasteiger partial charge on any atom is -0.355 e. The van der Waals surface area contributed by atoms with Crippen molar-refractivity contribution in [2.24, 2.45) is 0 Å². The molecule has 3 nitrogen and oxygen atoms in total. The molecule has 0 aliphatic heterocycles. The Bertz CT molecular complexity index is 477. The van der Waals surface area contributed by atoms with Crippen molar-refractivity contribution < 1.29 is 0 Å². The molecule has 0 atom stereocenters. The molecule has 0 aromatic carbocycles. The summed E-state index contributed by atoms with van der Waals surface area (Å²) >= 11 is 0. The highest BCUT2D eigenvalue weighted by molar-refractivity contribution is 5.91. The largest absolute Gasteiger partial charge is 0.355 e. The first-order chi connectivity index (χ1) is 7.02. The second-order valence-electron chi connectivity index (χ2n) is 4.66. The fourth-order valence-electron chi connectivity index (χ4n) is 1.74. The van der Waals surface area contributed by atoms with Gasteiger partial charge in [0.05, 0.1) is 44.4 Å². The molecule has 0 aliphatic rings. The molecule has 2 heterocycles. The Kier molecular flexibility index (Phi) is 2.27. The number of aromatic nitrogens is 2. The van der Waals surface area contributed by atoms with Crippen LogP contribution in [0.2, 0.25) is 0 Å². The second kappa shape index (κ2) is 3.35. The molecular weight excluding hydrogens is 186 g/mol. The van der Waals surface area contributed by atoms with Crippen LogP contribution in [0.1, 0.15) is 5.69 Å². The van der Waals surface area contributed by atoms with Crippen LogP contribution in [-0.4, -0.2) is 31.1 Å². The van der Waals surface area contributed by atoms with Crippen LogP contribution in [0.15, 0.2) is 18.5 Å². The van der Waals surface area contributed by atoms with E-state index >= 15 is 0 Å². The van der Waals surface area contributed by atoms with E-state index in [0.717, 1.165) is 22.1 Å². The molecule has 2 aromatic rings. The minimum absolute atomic E-state index is 0.734. The Balaban J connectivity index is 2.67. The third kappa shape index (κ3) is 1.75. The molecule has 79 valence electrons. The zero-order valence-electron chi connectivity index (χ0n) is 9.54. The maximum atomic E-state index is 4.32. The first kappa shape index (κ1) is 10.2. The molecule has 0 spiro atoms. The van der Waals surface area contributed by atoms with Gasteiger partial charge < -0.3 is 4.98 Å². The van der Waals surface area contributed by atoms with Crippen molar-refractivity contribution in [3.05, 3.63) is 31.1 Å². The molecule has 0 amide bonds. The van der Waals surface area contributed by atoms with Crippen molar-refractivity contribution in [2.75, 3.05) is 21.1 Å². The van der Waals surface area contributed by atoms with Crippen LogP contribution in [0.3, 0.4) is 0 Å². The molecule has 3 heteroatoms. The highest BCUT2D eigenvalue weighted by Gasteiger charge is 2.17. The fraction of sp³-hybridized carbons (Fsp3) is 0.333. The summed E-state index contributed by atoms with van der Waals surface area (Å²) in [5.41, 5.74) is 3.41. The van der Waals surface area contributed by atoms with E-state index in [4.69, 9.17) is 0 Å². The molecule has 0 unspecified atom stereocenters. The van der Waals surface area contributed by atoms with E-state index in [1.54, 1.807) is 0 Å². The number of pyridine rings is 1. The average molecular weight is 203 g/mol. The smallest absolute Gasteiger partial charge is 0.157 e. The van der Waals surface area contributed by atoms with Crippen LogP contribution in [0.4, 0.5) is 5.69 Å². The van der Waals surface area contributed by atoms with Gasteiger partial charge in [-0.3, -0.25) is 9.47 Å². The van der Waals surface area contributed by atoms with Crippen LogP contribution >= 0.6 is 0 Å². The number of hydrogen-bond acceptors (Lipinski definition) is 1. The summed E-state index contributed by atoms with van der Waals surface area (Å²) in [6, 6.07) is 2.12. The molecule has 0 aliphatic carbocycles. The van der Waals surface area contributed by atoms with Crippen LogP contribution in [0.5, 0.6) is 0 Å². The Morgan fingerprint density at radius 1 is 1.40 bits per heavy atom. The number of H-pyrrole nitrogens is 1. The Morgan fingerprint density at radius 2 is 2.13 bits per heavy atom. The van der Waals surface area contributed by atoms with E-state index in [9.17, 15) is 0 Å². The van der Waals surface area contributed by atoms with Crippen molar-refractivity contribution in [3.63, 3.8) is 0 Å². The predicted molar refractivity (Wildman–Crippen MR) is 64.7 cm³/mol. The van der Waals surface area contributed by atoms with Gasteiger partial charge in [-0.05, 0) is 19.4 Å². The first-order valence-corrected chi connectivity index (χ1v) is 5.09. The number of rotatable bonds is 2. The third-order valence-electron chi connectivity index (χ3n) is 2.58. The van der Waals surface area contributed by atoms with E-state index in [0.29, 0.717) is 0 Å². The molecular formula is C12H17N3+. The maximum absolute atomic E-state index is 4.32. The molecule has 0 fully saturated rings. The molecule has 0 saturated heterocycles. The first-order valence-electron chi connectivity index (χ1n) is 5.09. The molecule has 0 bridgehead atoms. The topological polar surface area (TPSA) is 28.7 Å². The number of aromatic amines is 1. The minimum atomic E-state index is 0.734. The van der Waals surface area contributed by atoms with Gasteiger partial charge in [0.1, 0.15) is 0 Å². The molecule has 2 rings (SSSR count). The summed E-state index contributed by atoms with van der Waals surface area (Å²) in [5, 5.41) is 1.25. The van der Waals surface area contributed by atoms with Gasteiger partial charge in [-0.15, -0.1) is 0 Å². The zero-order valence-corrected chi connectivity index (χ0v) is 9.54. The highest BCUT2D eigenvalue weighted by atomic mass is 15.3. The van der Waals surface area contributed by atoms with Gasteiger partial charge in [0.15, 0.2) is 5.69 Å². The van der Waals surface area contributed by atoms with Crippen molar-refractivity contribution in [2.45, 2.75) is 6.42 Å². The summed E-state index contributed by atoms with van der Waals surface area (Å²) in [6.07, 6.45) is 4.67.